The Balaban J connectivity index is 2.46. The fraction of sp³-hybridized carbons (Fsp3) is 0.750. The number of nitrogens with zero attached hydrogens (tertiary/aromatic N) is 6. The number of hydrogen-bond acceptors (Lipinski definition) is 9. The third-order valence-corrected chi connectivity index (χ3v) is 5.62. The first kappa shape index (κ1) is 33.2. The summed E-state index contributed by atoms with van der Waals surface area (Å²) in [6.45, 7) is 4.32. The SMILES string of the molecule is NC(N)=NCCCCCCNc1nc(NCCCCCCN=C(N)N)nc(NCCCCCCN=C(N)N)n1. The summed E-state index contributed by atoms with van der Waals surface area (Å²) in [5.41, 5.74) is 32.1. The van der Waals surface area contributed by atoms with Gasteiger partial charge >= 0.3 is 0 Å². The van der Waals surface area contributed by atoms with E-state index in [1.165, 1.54) is 0 Å². The second kappa shape index (κ2) is 22.2. The molecule has 0 aliphatic heterocycles. The van der Waals surface area contributed by atoms with E-state index in [1.807, 2.05) is 0 Å². The molecule has 0 bridgehead atoms. The predicted molar refractivity (Wildman–Crippen MR) is 163 cm³/mol. The van der Waals surface area contributed by atoms with Crippen LogP contribution in [0.3, 0.4) is 0 Å². The molecular weight excluding hydrogens is 498 g/mol. The Morgan fingerprint density at radius 2 is 0.667 bits per heavy atom. The third kappa shape index (κ3) is 20.9. The minimum absolute atomic E-state index is 0.144. The molecule has 0 unspecified atom stereocenters. The Bertz CT molecular complexity index is 722. The van der Waals surface area contributed by atoms with Gasteiger partial charge in [-0.25, -0.2) is 0 Å². The van der Waals surface area contributed by atoms with Gasteiger partial charge in [0.15, 0.2) is 17.9 Å². The highest BCUT2D eigenvalue weighted by molar-refractivity contribution is 5.76. The lowest BCUT2D eigenvalue weighted by atomic mass is 10.2. The summed E-state index contributed by atoms with van der Waals surface area (Å²) in [6, 6.07) is 0. The van der Waals surface area contributed by atoms with Crippen molar-refractivity contribution < 1.29 is 0 Å². The van der Waals surface area contributed by atoms with Crippen LogP contribution in [0.15, 0.2) is 15.0 Å². The number of nitrogens with one attached hydrogen (secondary N) is 3. The summed E-state index contributed by atoms with van der Waals surface area (Å²) in [6.07, 6.45) is 12.3. The van der Waals surface area contributed by atoms with Crippen molar-refractivity contribution in [2.75, 3.05) is 55.2 Å². The van der Waals surface area contributed by atoms with Crippen LogP contribution in [0, 0.1) is 0 Å². The Kier molecular flexibility index (Phi) is 18.9. The molecular formula is C24H51N15. The molecule has 15 N–H and O–H groups in total. The van der Waals surface area contributed by atoms with Crippen molar-refractivity contribution in [1.29, 1.82) is 0 Å². The molecule has 0 aromatic carbocycles. The molecule has 15 nitrogen and oxygen atoms in total. The summed E-state index contributed by atoms with van der Waals surface area (Å²) in [4.78, 5) is 25.7. The molecule has 0 saturated carbocycles. The average Bonchev–Trinajstić information content (AvgIpc) is 2.88. The van der Waals surface area contributed by atoms with E-state index in [0.29, 0.717) is 37.5 Å². The van der Waals surface area contributed by atoms with E-state index < -0.39 is 0 Å². The smallest absolute Gasteiger partial charge is 0.229 e. The van der Waals surface area contributed by atoms with Gasteiger partial charge in [0.1, 0.15) is 0 Å². The number of hydrogen-bond donors (Lipinski definition) is 9. The second-order valence-electron chi connectivity index (χ2n) is 9.25. The quantitative estimate of drug-likeness (QED) is 0.0487. The van der Waals surface area contributed by atoms with Crippen molar-refractivity contribution in [3.05, 3.63) is 0 Å². The number of unbranched alkanes of at least 4 members (excludes halogenated alkanes) is 9. The number of rotatable bonds is 24. The topological polar surface area (TPSA) is 268 Å². The zero-order valence-corrected chi connectivity index (χ0v) is 23.4. The van der Waals surface area contributed by atoms with Crippen LogP contribution >= 0.6 is 0 Å². The van der Waals surface area contributed by atoms with E-state index in [-0.39, 0.29) is 17.9 Å². The van der Waals surface area contributed by atoms with Gasteiger partial charge in [-0.05, 0) is 38.5 Å². The maximum Gasteiger partial charge on any atom is 0.229 e. The molecule has 0 atom stereocenters. The van der Waals surface area contributed by atoms with Crippen LogP contribution in [0.25, 0.3) is 0 Å². The first-order valence-corrected chi connectivity index (χ1v) is 14.0. The second-order valence-corrected chi connectivity index (χ2v) is 9.25. The summed E-state index contributed by atoms with van der Waals surface area (Å²) < 4.78 is 0. The van der Waals surface area contributed by atoms with Gasteiger partial charge in [-0.2, -0.15) is 15.0 Å². The van der Waals surface area contributed by atoms with E-state index in [4.69, 9.17) is 34.4 Å². The van der Waals surface area contributed by atoms with Gasteiger partial charge in [0.25, 0.3) is 0 Å². The Morgan fingerprint density at radius 1 is 0.410 bits per heavy atom. The van der Waals surface area contributed by atoms with Crippen LogP contribution in [0.5, 0.6) is 0 Å². The number of guanidine groups is 3. The molecule has 1 heterocycles. The fourth-order valence-electron chi connectivity index (χ4n) is 3.61. The normalized spacial score (nSPS) is 10.5. The molecule has 0 aliphatic carbocycles. The minimum Gasteiger partial charge on any atom is -0.370 e. The molecule has 1 rings (SSSR count). The van der Waals surface area contributed by atoms with Gasteiger partial charge in [-0.3, -0.25) is 15.0 Å². The molecule has 39 heavy (non-hydrogen) atoms. The number of aliphatic imine (C=N–C) groups is 3. The number of nitrogens with two attached hydrogens (primary N) is 6. The highest BCUT2D eigenvalue weighted by Crippen LogP contribution is 2.12. The fourth-order valence-corrected chi connectivity index (χ4v) is 3.61. The van der Waals surface area contributed by atoms with Crippen LogP contribution in [0.1, 0.15) is 77.0 Å². The van der Waals surface area contributed by atoms with E-state index in [1.54, 1.807) is 0 Å². The van der Waals surface area contributed by atoms with E-state index in [2.05, 4.69) is 45.9 Å². The Labute approximate surface area is 232 Å². The molecule has 0 spiro atoms. The van der Waals surface area contributed by atoms with Gasteiger partial charge in [0.05, 0.1) is 0 Å². The zero-order valence-electron chi connectivity index (χ0n) is 23.4. The van der Waals surface area contributed by atoms with Gasteiger partial charge < -0.3 is 50.4 Å². The zero-order chi connectivity index (χ0) is 28.6. The lowest BCUT2D eigenvalue weighted by molar-refractivity contribution is 0.657. The van der Waals surface area contributed by atoms with Crippen molar-refractivity contribution in [2.24, 2.45) is 49.4 Å². The minimum atomic E-state index is 0.144. The number of anilines is 3. The van der Waals surface area contributed by atoms with Gasteiger partial charge in [-0.1, -0.05) is 38.5 Å². The highest BCUT2D eigenvalue weighted by Gasteiger charge is 2.06. The van der Waals surface area contributed by atoms with Crippen LogP contribution in [-0.4, -0.2) is 72.1 Å². The average molecular weight is 550 g/mol. The first-order chi connectivity index (χ1) is 18.9. The molecule has 0 amide bonds. The third-order valence-electron chi connectivity index (χ3n) is 5.62. The van der Waals surface area contributed by atoms with Crippen LogP contribution in [0.2, 0.25) is 0 Å². The molecule has 222 valence electrons. The molecule has 0 radical (unpaired) electrons. The highest BCUT2D eigenvalue weighted by atomic mass is 15.3. The molecule has 1 aromatic heterocycles. The van der Waals surface area contributed by atoms with Crippen molar-refractivity contribution >= 4 is 35.7 Å². The molecule has 0 saturated heterocycles. The summed E-state index contributed by atoms with van der Waals surface area (Å²) in [5.74, 6) is 2.11. The van der Waals surface area contributed by atoms with Crippen LogP contribution in [-0.2, 0) is 0 Å². The van der Waals surface area contributed by atoms with Gasteiger partial charge in [0, 0.05) is 39.3 Å². The van der Waals surface area contributed by atoms with Gasteiger partial charge in [0.2, 0.25) is 17.8 Å². The Morgan fingerprint density at radius 3 is 0.923 bits per heavy atom. The Hall–Kier alpha value is -3.78. The molecule has 15 heteroatoms. The summed E-state index contributed by atoms with van der Waals surface area (Å²) in [5, 5.41) is 9.98. The molecule has 0 fully saturated rings. The standard InChI is InChI=1S/C24H51N15/c25-19(26)31-13-7-1-4-10-16-34-22-37-23(35-17-11-5-2-8-14-32-20(27)28)39-24(38-22)36-18-12-6-3-9-15-33-21(29)30/h1-18H2,(H4,25,26,31)(H4,27,28,32)(H4,29,30,33)(H3,34,35,36,37,38,39). The first-order valence-electron chi connectivity index (χ1n) is 14.0. The van der Waals surface area contributed by atoms with Crippen LogP contribution < -0.4 is 50.4 Å². The summed E-state index contributed by atoms with van der Waals surface area (Å²) in [7, 11) is 0. The van der Waals surface area contributed by atoms with E-state index in [9.17, 15) is 0 Å². The number of aromatic nitrogens is 3. The van der Waals surface area contributed by atoms with Crippen molar-refractivity contribution in [3.63, 3.8) is 0 Å². The summed E-state index contributed by atoms with van der Waals surface area (Å²) >= 11 is 0. The molecule has 1 aromatic rings. The van der Waals surface area contributed by atoms with Crippen molar-refractivity contribution in [3.8, 4) is 0 Å². The lowest BCUT2D eigenvalue weighted by Gasteiger charge is -2.11. The van der Waals surface area contributed by atoms with Gasteiger partial charge in [-0.15, -0.1) is 0 Å². The van der Waals surface area contributed by atoms with E-state index in [0.717, 1.165) is 96.7 Å². The lowest BCUT2D eigenvalue weighted by Crippen LogP contribution is -2.22. The monoisotopic (exact) mass is 549 g/mol. The van der Waals surface area contributed by atoms with E-state index >= 15 is 0 Å². The van der Waals surface area contributed by atoms with Crippen molar-refractivity contribution in [2.45, 2.75) is 77.0 Å². The largest absolute Gasteiger partial charge is 0.370 e. The van der Waals surface area contributed by atoms with Crippen LogP contribution in [0.4, 0.5) is 17.8 Å². The maximum absolute atomic E-state index is 5.35. The van der Waals surface area contributed by atoms with Crippen molar-refractivity contribution in [1.82, 2.24) is 15.0 Å². The maximum atomic E-state index is 5.35. The molecule has 0 aliphatic rings. The predicted octanol–water partition coefficient (Wildman–Crippen LogP) is 0.609.